The third kappa shape index (κ3) is 29200. The molecule has 0 atom stereocenters. The smallest absolute Gasteiger partial charge is 0.300 e. The van der Waals surface area contributed by atoms with Crippen LogP contribution in [0.1, 0.15) is 13.8 Å². The number of rotatable bonds is 1. The standard InChI is InChI=1S/C2H3N.C2H4O2.C2H6O2/c1-2-3;1-2(3)4;3-1-2-4/h1H3;1H3,(H,3,4);3-4H,1-2H2. The van der Waals surface area contributed by atoms with Crippen LogP contribution < -0.4 is 0 Å². The van der Waals surface area contributed by atoms with Gasteiger partial charge in [0.25, 0.3) is 5.97 Å². The third-order valence-electron chi connectivity index (χ3n) is 0.1000. The molecule has 0 radical (unpaired) electrons. The Labute approximate surface area is 65.5 Å². The van der Waals surface area contributed by atoms with Crippen LogP contribution in [0.2, 0.25) is 0 Å². The number of aliphatic hydroxyl groups excluding tert-OH is 2. The Morgan fingerprint density at radius 1 is 1.45 bits per heavy atom. The van der Waals surface area contributed by atoms with Crippen LogP contribution in [0, 0.1) is 11.3 Å². The fraction of sp³-hybridized carbons (Fsp3) is 0.667. The molecule has 11 heavy (non-hydrogen) atoms. The average Bonchev–Trinajstić information content (AvgIpc) is 1.88. The van der Waals surface area contributed by atoms with Crippen molar-refractivity contribution in [3.05, 3.63) is 0 Å². The molecule has 0 aromatic carbocycles. The monoisotopic (exact) mass is 163 g/mol. The summed E-state index contributed by atoms with van der Waals surface area (Å²) in [5.74, 6) is -0.833. The van der Waals surface area contributed by atoms with Gasteiger partial charge in [-0.2, -0.15) is 5.26 Å². The first-order chi connectivity index (χ1) is 5.06. The molecule has 0 saturated carbocycles. The number of hydrogen-bond donors (Lipinski definition) is 3. The minimum atomic E-state index is -0.833. The SMILES string of the molecule is CC#N.CC(=O)O.OCCO. The van der Waals surface area contributed by atoms with Gasteiger partial charge in [0.1, 0.15) is 0 Å². The Hall–Kier alpha value is -1.12. The number of nitriles is 1. The number of nitrogens with zero attached hydrogens (tertiary/aromatic N) is 1. The van der Waals surface area contributed by atoms with Crippen molar-refractivity contribution in [3.63, 3.8) is 0 Å². The molecule has 3 N–H and O–H groups in total. The van der Waals surface area contributed by atoms with Crippen molar-refractivity contribution in [2.24, 2.45) is 0 Å². The van der Waals surface area contributed by atoms with Crippen molar-refractivity contribution in [2.45, 2.75) is 13.8 Å². The zero-order valence-corrected chi connectivity index (χ0v) is 6.61. The number of aliphatic hydroxyl groups is 2. The van der Waals surface area contributed by atoms with Gasteiger partial charge in [-0.25, -0.2) is 0 Å². The highest BCUT2D eigenvalue weighted by atomic mass is 16.4. The maximum atomic E-state index is 9.00. The number of aliphatic carboxylic acids is 1. The zero-order chi connectivity index (χ0) is 9.70. The summed E-state index contributed by atoms with van der Waals surface area (Å²) in [5, 5.41) is 30.0. The van der Waals surface area contributed by atoms with E-state index in [1.807, 2.05) is 0 Å². The molecule has 0 heterocycles. The van der Waals surface area contributed by atoms with Crippen LogP contribution in [0.5, 0.6) is 0 Å². The second kappa shape index (κ2) is 23.2. The van der Waals surface area contributed by atoms with Crippen molar-refractivity contribution in [3.8, 4) is 6.07 Å². The van der Waals surface area contributed by atoms with Crippen molar-refractivity contribution >= 4 is 5.97 Å². The van der Waals surface area contributed by atoms with Gasteiger partial charge in [0.05, 0.1) is 19.3 Å². The van der Waals surface area contributed by atoms with Crippen LogP contribution >= 0.6 is 0 Å². The molecular formula is C6H13NO4. The first-order valence-electron chi connectivity index (χ1n) is 2.78. The molecule has 0 saturated heterocycles. The largest absolute Gasteiger partial charge is 0.481 e. The second-order valence-corrected chi connectivity index (χ2v) is 1.19. The van der Waals surface area contributed by atoms with Crippen LogP contribution in [-0.4, -0.2) is 34.5 Å². The van der Waals surface area contributed by atoms with Gasteiger partial charge in [-0.3, -0.25) is 4.79 Å². The van der Waals surface area contributed by atoms with Gasteiger partial charge in [0.2, 0.25) is 0 Å². The third-order valence-corrected chi connectivity index (χ3v) is 0.1000. The fourth-order valence-corrected chi connectivity index (χ4v) is 0. The van der Waals surface area contributed by atoms with Gasteiger partial charge < -0.3 is 15.3 Å². The lowest BCUT2D eigenvalue weighted by molar-refractivity contribution is -0.134. The van der Waals surface area contributed by atoms with Crippen LogP contribution in [0.3, 0.4) is 0 Å². The number of hydrogen-bond acceptors (Lipinski definition) is 4. The Morgan fingerprint density at radius 2 is 1.55 bits per heavy atom. The lowest BCUT2D eigenvalue weighted by atomic mass is 10.8. The molecule has 0 aliphatic rings. The van der Waals surface area contributed by atoms with E-state index in [-0.39, 0.29) is 13.2 Å². The fourth-order valence-electron chi connectivity index (χ4n) is 0. The molecule has 0 fully saturated rings. The Morgan fingerprint density at radius 3 is 1.55 bits per heavy atom. The van der Waals surface area contributed by atoms with E-state index in [4.69, 9.17) is 25.4 Å². The van der Waals surface area contributed by atoms with E-state index in [1.165, 1.54) is 6.92 Å². The Balaban J connectivity index is -0.0000000886. The molecule has 0 aromatic heterocycles. The molecular weight excluding hydrogens is 150 g/mol. The van der Waals surface area contributed by atoms with Crippen LogP contribution in [0.15, 0.2) is 0 Å². The van der Waals surface area contributed by atoms with Gasteiger partial charge in [-0.1, -0.05) is 0 Å². The maximum absolute atomic E-state index is 9.00. The Kier molecular flexibility index (Phi) is 34.6. The molecule has 0 aromatic rings. The van der Waals surface area contributed by atoms with Crippen LogP contribution in [0.4, 0.5) is 0 Å². The lowest BCUT2D eigenvalue weighted by Crippen LogP contribution is -1.85. The number of carboxylic acids is 1. The van der Waals surface area contributed by atoms with Crippen molar-refractivity contribution < 1.29 is 20.1 Å². The van der Waals surface area contributed by atoms with E-state index >= 15 is 0 Å². The molecule has 0 spiro atoms. The summed E-state index contributed by atoms with van der Waals surface area (Å²) in [6.07, 6.45) is 0. The molecule has 0 amide bonds. The summed E-state index contributed by atoms with van der Waals surface area (Å²) in [7, 11) is 0. The van der Waals surface area contributed by atoms with Gasteiger partial charge in [0.15, 0.2) is 0 Å². The van der Waals surface area contributed by atoms with E-state index < -0.39 is 5.97 Å². The molecule has 0 rings (SSSR count). The second-order valence-electron chi connectivity index (χ2n) is 1.19. The van der Waals surface area contributed by atoms with Gasteiger partial charge in [-0.05, 0) is 0 Å². The van der Waals surface area contributed by atoms with E-state index in [9.17, 15) is 0 Å². The Bertz CT molecular complexity index is 102. The van der Waals surface area contributed by atoms with Gasteiger partial charge in [0, 0.05) is 13.8 Å². The minimum Gasteiger partial charge on any atom is -0.481 e. The highest BCUT2D eigenvalue weighted by molar-refractivity contribution is 5.62. The summed E-state index contributed by atoms with van der Waals surface area (Å²) in [6.45, 7) is 2.26. The number of carbonyl (C=O) groups is 1. The van der Waals surface area contributed by atoms with E-state index in [1.54, 1.807) is 6.07 Å². The lowest BCUT2D eigenvalue weighted by Gasteiger charge is -1.70. The average molecular weight is 163 g/mol. The molecule has 5 heteroatoms. The van der Waals surface area contributed by atoms with Crippen molar-refractivity contribution in [1.29, 1.82) is 5.26 Å². The van der Waals surface area contributed by atoms with E-state index in [0.717, 1.165) is 6.92 Å². The quantitative estimate of drug-likeness (QED) is 0.487. The van der Waals surface area contributed by atoms with E-state index in [0.29, 0.717) is 0 Å². The van der Waals surface area contributed by atoms with Crippen molar-refractivity contribution in [2.75, 3.05) is 13.2 Å². The predicted molar refractivity (Wildman–Crippen MR) is 38.8 cm³/mol. The normalized spacial score (nSPS) is 5.73. The molecule has 66 valence electrons. The highest BCUT2D eigenvalue weighted by Crippen LogP contribution is 1.42. The van der Waals surface area contributed by atoms with Crippen molar-refractivity contribution in [1.82, 2.24) is 0 Å². The van der Waals surface area contributed by atoms with Gasteiger partial charge in [-0.15, -0.1) is 0 Å². The summed E-state index contributed by atoms with van der Waals surface area (Å²) < 4.78 is 0. The zero-order valence-electron chi connectivity index (χ0n) is 6.61. The van der Waals surface area contributed by atoms with Gasteiger partial charge >= 0.3 is 0 Å². The topological polar surface area (TPSA) is 102 Å². The van der Waals surface area contributed by atoms with Crippen LogP contribution in [-0.2, 0) is 4.79 Å². The molecule has 0 aliphatic carbocycles. The summed E-state index contributed by atoms with van der Waals surface area (Å²) in [4.78, 5) is 9.00. The van der Waals surface area contributed by atoms with E-state index in [2.05, 4.69) is 0 Å². The summed E-state index contributed by atoms with van der Waals surface area (Å²) in [5.41, 5.74) is 0. The molecule has 0 unspecified atom stereocenters. The first-order valence-corrected chi connectivity index (χ1v) is 2.78. The molecule has 0 bridgehead atoms. The number of carboxylic acid groups (broad SMARTS) is 1. The summed E-state index contributed by atoms with van der Waals surface area (Å²) >= 11 is 0. The molecule has 5 nitrogen and oxygen atoms in total. The molecule has 0 aliphatic heterocycles. The highest BCUT2D eigenvalue weighted by Gasteiger charge is 1.65. The maximum Gasteiger partial charge on any atom is 0.300 e. The predicted octanol–water partition coefficient (Wildman–Crippen LogP) is -0.408. The summed E-state index contributed by atoms with van der Waals surface area (Å²) in [6, 6.07) is 1.75. The minimum absolute atomic E-state index is 0.125. The first kappa shape index (κ1) is 16.5. The van der Waals surface area contributed by atoms with Crippen LogP contribution in [0.25, 0.3) is 0 Å².